The van der Waals surface area contributed by atoms with Gasteiger partial charge in [0.15, 0.2) is 0 Å². The minimum absolute atomic E-state index is 0.262. The molecule has 34 heavy (non-hydrogen) atoms. The van der Waals surface area contributed by atoms with Crippen molar-refractivity contribution >= 4 is 39.1 Å². The van der Waals surface area contributed by atoms with E-state index in [0.29, 0.717) is 22.0 Å². The Morgan fingerprint density at radius 3 is 2.68 bits per heavy atom. The summed E-state index contributed by atoms with van der Waals surface area (Å²) in [5, 5.41) is 4.36. The molecule has 5 rings (SSSR count). The van der Waals surface area contributed by atoms with Gasteiger partial charge in [-0.15, -0.1) is 11.3 Å². The first-order valence-corrected chi connectivity index (χ1v) is 12.5. The van der Waals surface area contributed by atoms with Crippen LogP contribution in [0.3, 0.4) is 0 Å². The van der Waals surface area contributed by atoms with Gasteiger partial charge in [0, 0.05) is 15.8 Å². The second-order valence-corrected chi connectivity index (χ2v) is 10.0. The standard InChI is InChI=1S/C28H27N3O2S/c1-3-17-12-13-20-24(14-17)34-28(25(20)26(29)32)31-27(33)21-15-23(18-9-5-4-8-16(18)2)30-22-11-7-6-10-19(21)22/h4-11,15,17H,3,12-14H2,1-2H3,(H2,29,32)(H,31,33)/t17-/m0/s1. The number of hydrogen-bond donors (Lipinski definition) is 2. The van der Waals surface area contributed by atoms with E-state index in [1.165, 1.54) is 16.2 Å². The number of pyridine rings is 1. The van der Waals surface area contributed by atoms with E-state index in [2.05, 4.69) is 12.2 Å². The highest BCUT2D eigenvalue weighted by Crippen LogP contribution is 2.40. The molecule has 2 aromatic carbocycles. The van der Waals surface area contributed by atoms with Crippen LogP contribution in [0.5, 0.6) is 0 Å². The van der Waals surface area contributed by atoms with E-state index in [4.69, 9.17) is 10.7 Å². The Bertz CT molecular complexity index is 1420. The average Bonchev–Trinajstić information content (AvgIpc) is 3.20. The van der Waals surface area contributed by atoms with Crippen LogP contribution in [0.25, 0.3) is 22.2 Å². The molecule has 5 nitrogen and oxygen atoms in total. The van der Waals surface area contributed by atoms with Crippen molar-refractivity contribution in [1.29, 1.82) is 0 Å². The number of nitrogens with two attached hydrogens (primary N) is 1. The number of amides is 2. The van der Waals surface area contributed by atoms with E-state index in [-0.39, 0.29) is 5.91 Å². The highest BCUT2D eigenvalue weighted by atomic mass is 32.1. The van der Waals surface area contributed by atoms with Crippen LogP contribution >= 0.6 is 11.3 Å². The van der Waals surface area contributed by atoms with Gasteiger partial charge < -0.3 is 11.1 Å². The first-order chi connectivity index (χ1) is 16.5. The molecule has 2 amide bonds. The monoisotopic (exact) mass is 469 g/mol. The maximum Gasteiger partial charge on any atom is 0.257 e. The SMILES string of the molecule is CC[C@H]1CCc2c(sc(NC(=O)c3cc(-c4ccccc4C)nc4ccccc34)c2C(N)=O)C1. The van der Waals surface area contributed by atoms with E-state index >= 15 is 0 Å². The van der Waals surface area contributed by atoms with Crippen LogP contribution in [0.4, 0.5) is 5.00 Å². The van der Waals surface area contributed by atoms with Gasteiger partial charge in [-0.3, -0.25) is 9.59 Å². The highest BCUT2D eigenvalue weighted by Gasteiger charge is 2.28. The van der Waals surface area contributed by atoms with Gasteiger partial charge in [0.25, 0.3) is 11.8 Å². The number of anilines is 1. The number of aryl methyl sites for hydroxylation is 1. The maximum absolute atomic E-state index is 13.6. The molecule has 2 heterocycles. The van der Waals surface area contributed by atoms with E-state index in [9.17, 15) is 9.59 Å². The fraction of sp³-hybridized carbons (Fsp3) is 0.250. The fourth-order valence-electron chi connectivity index (χ4n) is 4.88. The number of hydrogen-bond acceptors (Lipinski definition) is 4. The third kappa shape index (κ3) is 3.99. The van der Waals surface area contributed by atoms with Gasteiger partial charge >= 0.3 is 0 Å². The first kappa shape index (κ1) is 22.3. The van der Waals surface area contributed by atoms with Crippen LogP contribution < -0.4 is 11.1 Å². The minimum atomic E-state index is -0.483. The Hall–Kier alpha value is -3.51. The van der Waals surface area contributed by atoms with Gasteiger partial charge in [0.05, 0.1) is 22.3 Å². The number of thiophene rings is 1. The molecule has 0 saturated heterocycles. The summed E-state index contributed by atoms with van der Waals surface area (Å²) < 4.78 is 0. The Kier molecular flexibility index (Phi) is 5.92. The molecule has 1 aliphatic rings. The van der Waals surface area contributed by atoms with Gasteiger partial charge in [0.1, 0.15) is 5.00 Å². The van der Waals surface area contributed by atoms with Crippen molar-refractivity contribution in [2.75, 3.05) is 5.32 Å². The van der Waals surface area contributed by atoms with E-state index < -0.39 is 5.91 Å². The number of carbonyl (C=O) groups excluding carboxylic acids is 2. The molecule has 0 saturated carbocycles. The fourth-order valence-corrected chi connectivity index (χ4v) is 6.25. The summed E-state index contributed by atoms with van der Waals surface area (Å²) in [6.45, 7) is 4.23. The molecule has 1 atom stereocenters. The quantitative estimate of drug-likeness (QED) is 0.368. The Morgan fingerprint density at radius 2 is 1.91 bits per heavy atom. The Balaban J connectivity index is 1.58. The number of rotatable bonds is 5. The lowest BCUT2D eigenvalue weighted by Crippen LogP contribution is -2.20. The van der Waals surface area contributed by atoms with Crippen LogP contribution in [-0.2, 0) is 12.8 Å². The predicted octanol–water partition coefficient (Wildman–Crippen LogP) is 6.14. The predicted molar refractivity (Wildman–Crippen MR) is 139 cm³/mol. The van der Waals surface area contributed by atoms with Crippen molar-refractivity contribution in [3.05, 3.63) is 81.7 Å². The van der Waals surface area contributed by atoms with Crippen LogP contribution in [0.15, 0.2) is 54.6 Å². The van der Waals surface area contributed by atoms with Gasteiger partial charge in [0.2, 0.25) is 0 Å². The van der Waals surface area contributed by atoms with E-state index in [1.807, 2.05) is 61.5 Å². The van der Waals surface area contributed by atoms with Crippen molar-refractivity contribution in [2.24, 2.45) is 11.7 Å². The van der Waals surface area contributed by atoms with Crippen molar-refractivity contribution in [2.45, 2.75) is 39.5 Å². The van der Waals surface area contributed by atoms with Crippen LogP contribution in [-0.4, -0.2) is 16.8 Å². The second kappa shape index (κ2) is 9.03. The lowest BCUT2D eigenvalue weighted by atomic mass is 9.85. The summed E-state index contributed by atoms with van der Waals surface area (Å²) in [7, 11) is 0. The summed E-state index contributed by atoms with van der Waals surface area (Å²) in [5.74, 6) is -0.138. The zero-order valence-electron chi connectivity index (χ0n) is 19.4. The number of aromatic nitrogens is 1. The van der Waals surface area contributed by atoms with Crippen molar-refractivity contribution in [1.82, 2.24) is 4.98 Å². The highest BCUT2D eigenvalue weighted by molar-refractivity contribution is 7.17. The van der Waals surface area contributed by atoms with Gasteiger partial charge in [-0.25, -0.2) is 4.98 Å². The number of benzene rings is 2. The molecule has 0 spiro atoms. The second-order valence-electron chi connectivity index (χ2n) is 8.93. The zero-order chi connectivity index (χ0) is 23.8. The molecule has 0 radical (unpaired) electrons. The van der Waals surface area contributed by atoms with Gasteiger partial charge in [-0.05, 0) is 55.4 Å². The number of para-hydroxylation sites is 1. The molecule has 172 valence electrons. The van der Waals surface area contributed by atoms with Gasteiger partial charge in [-0.2, -0.15) is 0 Å². The number of primary amides is 1. The molecule has 1 aliphatic carbocycles. The van der Waals surface area contributed by atoms with Crippen LogP contribution in [0.1, 0.15) is 56.5 Å². The molecule has 6 heteroatoms. The number of carbonyl (C=O) groups is 2. The Labute approximate surface area is 203 Å². The Morgan fingerprint density at radius 1 is 1.15 bits per heavy atom. The zero-order valence-corrected chi connectivity index (χ0v) is 20.2. The lowest BCUT2D eigenvalue weighted by Gasteiger charge is -2.20. The molecule has 4 aromatic rings. The minimum Gasteiger partial charge on any atom is -0.365 e. The molecule has 0 bridgehead atoms. The lowest BCUT2D eigenvalue weighted by molar-refractivity contribution is 0.1000. The van der Waals surface area contributed by atoms with E-state index in [1.54, 1.807) is 0 Å². The largest absolute Gasteiger partial charge is 0.365 e. The molecular formula is C28H27N3O2S. The molecule has 0 unspecified atom stereocenters. The summed E-state index contributed by atoms with van der Waals surface area (Å²) in [6, 6.07) is 17.5. The van der Waals surface area contributed by atoms with Crippen molar-refractivity contribution in [3.8, 4) is 11.3 Å². The number of nitrogens with zero attached hydrogens (tertiary/aromatic N) is 1. The summed E-state index contributed by atoms with van der Waals surface area (Å²) in [6.07, 6.45) is 3.91. The smallest absolute Gasteiger partial charge is 0.257 e. The first-order valence-electron chi connectivity index (χ1n) is 11.7. The number of nitrogens with one attached hydrogen (secondary N) is 1. The van der Waals surface area contributed by atoms with Crippen molar-refractivity contribution in [3.63, 3.8) is 0 Å². The molecule has 2 aromatic heterocycles. The normalized spacial score (nSPS) is 15.2. The topological polar surface area (TPSA) is 85.1 Å². The van der Waals surface area contributed by atoms with E-state index in [0.717, 1.165) is 59.0 Å². The van der Waals surface area contributed by atoms with Crippen molar-refractivity contribution < 1.29 is 9.59 Å². The molecule has 3 N–H and O–H groups in total. The third-order valence-corrected chi connectivity index (χ3v) is 7.97. The van der Waals surface area contributed by atoms with Gasteiger partial charge in [-0.1, -0.05) is 55.8 Å². The summed E-state index contributed by atoms with van der Waals surface area (Å²) in [4.78, 5) is 32.0. The summed E-state index contributed by atoms with van der Waals surface area (Å²) >= 11 is 1.49. The third-order valence-electron chi connectivity index (χ3n) is 6.80. The maximum atomic E-state index is 13.6. The summed E-state index contributed by atoms with van der Waals surface area (Å²) in [5.41, 5.74) is 11.4. The average molecular weight is 470 g/mol. The number of fused-ring (bicyclic) bond motifs is 2. The van der Waals surface area contributed by atoms with Crippen LogP contribution in [0.2, 0.25) is 0 Å². The molecular weight excluding hydrogens is 442 g/mol. The van der Waals surface area contributed by atoms with Crippen LogP contribution in [0, 0.1) is 12.8 Å². The molecule has 0 aliphatic heterocycles. The molecule has 0 fully saturated rings.